The van der Waals surface area contributed by atoms with E-state index in [2.05, 4.69) is 0 Å². The van der Waals surface area contributed by atoms with E-state index < -0.39 is 10.9 Å². The van der Waals surface area contributed by atoms with E-state index in [1.807, 2.05) is 49.9 Å². The van der Waals surface area contributed by atoms with Crippen molar-refractivity contribution in [1.82, 2.24) is 0 Å². The molecule has 0 aliphatic rings. The molecule has 0 fully saturated rings. The van der Waals surface area contributed by atoms with Crippen molar-refractivity contribution in [3.63, 3.8) is 0 Å². The minimum Gasteiger partial charge on any atom is -0.490 e. The lowest BCUT2D eigenvalue weighted by Crippen LogP contribution is -2.25. The first-order valence-corrected chi connectivity index (χ1v) is 8.86. The highest BCUT2D eigenvalue weighted by molar-refractivity contribution is 5.96. The maximum absolute atomic E-state index is 12.5. The van der Waals surface area contributed by atoms with Crippen molar-refractivity contribution >= 4 is 17.3 Å². The van der Waals surface area contributed by atoms with Crippen molar-refractivity contribution in [2.45, 2.75) is 20.8 Å². The Balaban J connectivity index is 2.05. The number of esters is 1. The quantitative estimate of drug-likeness (QED) is 0.287. The third-order valence-corrected chi connectivity index (χ3v) is 4.12. The van der Waals surface area contributed by atoms with Gasteiger partial charge in [0.25, 0.3) is 5.69 Å². The molecule has 7 nitrogen and oxygen atoms in total. The Morgan fingerprint density at radius 1 is 1.07 bits per heavy atom. The molecule has 2 aromatic rings. The van der Waals surface area contributed by atoms with Crippen molar-refractivity contribution in [3.05, 3.63) is 63.7 Å². The zero-order chi connectivity index (χ0) is 19.8. The number of nitro groups is 1. The highest BCUT2D eigenvalue weighted by atomic mass is 16.6. The number of carbonyl (C=O) groups excluding carboxylic acids is 1. The minimum atomic E-state index is -0.604. The summed E-state index contributed by atoms with van der Waals surface area (Å²) >= 11 is 0. The van der Waals surface area contributed by atoms with E-state index in [0.29, 0.717) is 24.5 Å². The van der Waals surface area contributed by atoms with Crippen LogP contribution in [-0.4, -0.2) is 37.2 Å². The molecule has 0 heterocycles. The van der Waals surface area contributed by atoms with Gasteiger partial charge in [-0.2, -0.15) is 0 Å². The molecule has 0 aliphatic heterocycles. The SMILES string of the molecule is CCN(CC)c1ccc([N+](=O)[O-])cc1C(=O)OCCOc1ccc(C)cc1. The van der Waals surface area contributed by atoms with Crippen LogP contribution in [0.5, 0.6) is 5.75 Å². The molecular weight excluding hydrogens is 348 g/mol. The first-order valence-electron chi connectivity index (χ1n) is 8.86. The van der Waals surface area contributed by atoms with Crippen molar-refractivity contribution in [2.24, 2.45) is 0 Å². The van der Waals surface area contributed by atoms with Gasteiger partial charge in [0, 0.05) is 25.2 Å². The van der Waals surface area contributed by atoms with Crippen LogP contribution in [-0.2, 0) is 4.74 Å². The summed E-state index contributed by atoms with van der Waals surface area (Å²) in [5, 5.41) is 11.1. The number of hydrogen-bond donors (Lipinski definition) is 0. The Hall–Kier alpha value is -3.09. The van der Waals surface area contributed by atoms with Crippen molar-refractivity contribution in [2.75, 3.05) is 31.2 Å². The van der Waals surface area contributed by atoms with Crippen LogP contribution >= 0.6 is 0 Å². The van der Waals surface area contributed by atoms with E-state index in [1.165, 1.54) is 12.1 Å². The van der Waals surface area contributed by atoms with Crippen LogP contribution in [0.25, 0.3) is 0 Å². The highest BCUT2D eigenvalue weighted by Crippen LogP contribution is 2.26. The number of non-ortho nitro benzene ring substituents is 1. The van der Waals surface area contributed by atoms with Crippen LogP contribution in [0.3, 0.4) is 0 Å². The Kier molecular flexibility index (Phi) is 7.16. The predicted molar refractivity (Wildman–Crippen MR) is 104 cm³/mol. The third-order valence-electron chi connectivity index (χ3n) is 4.12. The zero-order valence-electron chi connectivity index (χ0n) is 15.8. The predicted octanol–water partition coefficient (Wildman–Crippen LogP) is 3.99. The average molecular weight is 372 g/mol. The number of hydrogen-bond acceptors (Lipinski definition) is 6. The summed E-state index contributed by atoms with van der Waals surface area (Å²) in [4.78, 5) is 25.0. The normalized spacial score (nSPS) is 10.3. The molecule has 0 bridgehead atoms. The van der Waals surface area contributed by atoms with Crippen molar-refractivity contribution in [3.8, 4) is 5.75 Å². The van der Waals surface area contributed by atoms with Crippen LogP contribution in [0.15, 0.2) is 42.5 Å². The first-order chi connectivity index (χ1) is 13.0. The molecule has 144 valence electrons. The Bertz CT molecular complexity index is 785. The average Bonchev–Trinajstić information content (AvgIpc) is 2.67. The van der Waals surface area contributed by atoms with Gasteiger partial charge < -0.3 is 14.4 Å². The van der Waals surface area contributed by atoms with Crippen LogP contribution < -0.4 is 9.64 Å². The molecule has 2 aromatic carbocycles. The second-order valence-electron chi connectivity index (χ2n) is 5.93. The van der Waals surface area contributed by atoms with Crippen LogP contribution in [0, 0.1) is 17.0 Å². The summed E-state index contributed by atoms with van der Waals surface area (Å²) in [7, 11) is 0. The molecule has 27 heavy (non-hydrogen) atoms. The fourth-order valence-corrected chi connectivity index (χ4v) is 2.65. The summed E-state index contributed by atoms with van der Waals surface area (Å²) in [5.41, 5.74) is 1.79. The van der Waals surface area contributed by atoms with Crippen LogP contribution in [0.2, 0.25) is 0 Å². The maximum atomic E-state index is 12.5. The number of ether oxygens (including phenoxy) is 2. The van der Waals surface area contributed by atoms with Crippen LogP contribution in [0.4, 0.5) is 11.4 Å². The van der Waals surface area contributed by atoms with E-state index in [1.54, 1.807) is 6.07 Å². The molecule has 0 saturated heterocycles. The smallest absolute Gasteiger partial charge is 0.340 e. The summed E-state index contributed by atoms with van der Waals surface area (Å²) in [6.07, 6.45) is 0. The Morgan fingerprint density at radius 3 is 2.33 bits per heavy atom. The third kappa shape index (κ3) is 5.44. The molecule has 2 rings (SSSR count). The molecule has 7 heteroatoms. The monoisotopic (exact) mass is 372 g/mol. The largest absolute Gasteiger partial charge is 0.490 e. The standard InChI is InChI=1S/C20H24N2O5/c1-4-21(5-2)19-11-8-16(22(24)25)14-18(19)20(23)27-13-12-26-17-9-6-15(3)7-10-17/h6-11,14H,4-5,12-13H2,1-3H3. The summed E-state index contributed by atoms with van der Waals surface area (Å²) in [6, 6.07) is 11.8. The molecular formula is C20H24N2O5. The van der Waals surface area contributed by atoms with Crippen molar-refractivity contribution in [1.29, 1.82) is 0 Å². The number of nitrogens with zero attached hydrogens (tertiary/aromatic N) is 2. The number of aryl methyl sites for hydroxylation is 1. The Morgan fingerprint density at radius 2 is 1.74 bits per heavy atom. The van der Waals surface area contributed by atoms with Crippen LogP contribution in [0.1, 0.15) is 29.8 Å². The number of benzene rings is 2. The van der Waals surface area contributed by atoms with Gasteiger partial charge >= 0.3 is 5.97 Å². The fourth-order valence-electron chi connectivity index (χ4n) is 2.65. The van der Waals surface area contributed by atoms with Gasteiger partial charge in [-0.15, -0.1) is 0 Å². The van der Waals surface area contributed by atoms with E-state index in [-0.39, 0.29) is 24.5 Å². The minimum absolute atomic E-state index is 0.0487. The van der Waals surface area contributed by atoms with Crippen molar-refractivity contribution < 1.29 is 19.2 Å². The van der Waals surface area contributed by atoms with E-state index in [9.17, 15) is 14.9 Å². The lowest BCUT2D eigenvalue weighted by Gasteiger charge is -2.23. The van der Waals surface area contributed by atoms with Gasteiger partial charge in [-0.05, 0) is 39.0 Å². The first kappa shape index (κ1) is 20.2. The molecule has 0 saturated carbocycles. The summed E-state index contributed by atoms with van der Waals surface area (Å²) < 4.78 is 10.8. The lowest BCUT2D eigenvalue weighted by atomic mass is 10.1. The maximum Gasteiger partial charge on any atom is 0.340 e. The number of nitro benzene ring substituents is 1. The van der Waals surface area contributed by atoms with Gasteiger partial charge in [-0.25, -0.2) is 4.79 Å². The van der Waals surface area contributed by atoms with Gasteiger partial charge in [0.15, 0.2) is 0 Å². The van der Waals surface area contributed by atoms with Gasteiger partial charge in [0.05, 0.1) is 16.2 Å². The molecule has 0 radical (unpaired) electrons. The zero-order valence-corrected chi connectivity index (χ0v) is 15.8. The molecule has 0 atom stereocenters. The Labute approximate surface area is 158 Å². The molecule has 0 aliphatic carbocycles. The van der Waals surface area contributed by atoms with E-state index in [4.69, 9.17) is 9.47 Å². The number of carbonyl (C=O) groups is 1. The van der Waals surface area contributed by atoms with E-state index >= 15 is 0 Å². The second-order valence-corrected chi connectivity index (χ2v) is 5.93. The molecule has 0 spiro atoms. The molecule has 0 N–H and O–H groups in total. The summed E-state index contributed by atoms with van der Waals surface area (Å²) in [5.74, 6) is 0.0870. The van der Waals surface area contributed by atoms with Gasteiger partial charge in [0.2, 0.25) is 0 Å². The number of anilines is 1. The number of rotatable bonds is 9. The summed E-state index contributed by atoms with van der Waals surface area (Å²) in [6.45, 7) is 7.48. The topological polar surface area (TPSA) is 81.9 Å². The fraction of sp³-hybridized carbons (Fsp3) is 0.350. The highest BCUT2D eigenvalue weighted by Gasteiger charge is 2.20. The molecule has 0 unspecified atom stereocenters. The van der Waals surface area contributed by atoms with Gasteiger partial charge in [-0.3, -0.25) is 10.1 Å². The van der Waals surface area contributed by atoms with Gasteiger partial charge in [0.1, 0.15) is 19.0 Å². The van der Waals surface area contributed by atoms with Gasteiger partial charge in [-0.1, -0.05) is 17.7 Å². The lowest BCUT2D eigenvalue weighted by molar-refractivity contribution is -0.384. The molecule has 0 amide bonds. The second kappa shape index (κ2) is 9.56. The molecule has 0 aromatic heterocycles. The van der Waals surface area contributed by atoms with E-state index in [0.717, 1.165) is 5.56 Å².